The van der Waals surface area contributed by atoms with Gasteiger partial charge in [-0.05, 0) is 38.1 Å². The van der Waals surface area contributed by atoms with Crippen LogP contribution in [-0.4, -0.2) is 37.1 Å². The monoisotopic (exact) mass is 347 g/mol. The average molecular weight is 347 g/mol. The fourth-order valence-electron chi connectivity index (χ4n) is 1.69. The maximum Gasteiger partial charge on any atom is 0.416 e. The quantitative estimate of drug-likeness (QED) is 0.628. The van der Waals surface area contributed by atoms with Crippen molar-refractivity contribution in [3.05, 3.63) is 35.4 Å². The van der Waals surface area contributed by atoms with Crippen molar-refractivity contribution in [3.63, 3.8) is 0 Å². The summed E-state index contributed by atoms with van der Waals surface area (Å²) in [4.78, 5) is 35.5. The third-order valence-electron chi connectivity index (χ3n) is 2.79. The van der Waals surface area contributed by atoms with Crippen LogP contribution in [0.25, 0.3) is 0 Å². The Balaban J connectivity index is 2.91. The molecule has 0 atom stereocenters. The van der Waals surface area contributed by atoms with Crippen LogP contribution in [0.2, 0.25) is 0 Å². The van der Waals surface area contributed by atoms with E-state index in [4.69, 9.17) is 0 Å². The van der Waals surface area contributed by atoms with Crippen molar-refractivity contribution in [2.45, 2.75) is 26.1 Å². The van der Waals surface area contributed by atoms with E-state index in [1.807, 2.05) is 0 Å². The van der Waals surface area contributed by atoms with E-state index in [1.165, 1.54) is 13.8 Å². The molecule has 9 heteroatoms. The average Bonchev–Trinajstić information content (AvgIpc) is 2.52. The number of ether oxygens (including phenoxy) is 2. The minimum absolute atomic E-state index is 0.0229. The highest BCUT2D eigenvalue weighted by molar-refractivity contribution is 6.05. The largest absolute Gasteiger partial charge is 0.464 e. The number of benzene rings is 1. The van der Waals surface area contributed by atoms with E-state index in [0.29, 0.717) is 0 Å². The number of hydrogen-bond donors (Lipinski definition) is 1. The Morgan fingerprint density at radius 2 is 1.46 bits per heavy atom. The van der Waals surface area contributed by atoms with Crippen LogP contribution >= 0.6 is 0 Å². The SMILES string of the molecule is CCOC(=O)C(NC(=O)c1ccc(C(F)(F)F)cc1)C(=O)OCC. The lowest BCUT2D eigenvalue weighted by Crippen LogP contribution is -2.48. The molecule has 1 amide bonds. The molecule has 0 saturated carbocycles. The smallest absolute Gasteiger partial charge is 0.416 e. The van der Waals surface area contributed by atoms with Gasteiger partial charge in [0.05, 0.1) is 18.8 Å². The molecule has 1 aromatic rings. The molecule has 1 N–H and O–H groups in total. The molecule has 0 bridgehead atoms. The van der Waals surface area contributed by atoms with Crippen LogP contribution in [0.3, 0.4) is 0 Å². The summed E-state index contributed by atoms with van der Waals surface area (Å²) in [7, 11) is 0. The van der Waals surface area contributed by atoms with E-state index in [1.54, 1.807) is 0 Å². The van der Waals surface area contributed by atoms with Crippen molar-refractivity contribution in [1.82, 2.24) is 5.32 Å². The van der Waals surface area contributed by atoms with E-state index in [0.717, 1.165) is 24.3 Å². The van der Waals surface area contributed by atoms with Crippen LogP contribution in [-0.2, 0) is 25.2 Å². The van der Waals surface area contributed by atoms with Crippen molar-refractivity contribution in [3.8, 4) is 0 Å². The Labute approximate surface area is 135 Å². The van der Waals surface area contributed by atoms with Crippen LogP contribution in [0.15, 0.2) is 24.3 Å². The molecule has 0 spiro atoms. The predicted octanol–water partition coefficient (Wildman–Crippen LogP) is 1.93. The Bertz CT molecular complexity index is 580. The molecular weight excluding hydrogens is 331 g/mol. The number of esters is 2. The van der Waals surface area contributed by atoms with Crippen LogP contribution in [0.4, 0.5) is 13.2 Å². The van der Waals surface area contributed by atoms with E-state index in [2.05, 4.69) is 14.8 Å². The second-order valence-electron chi connectivity index (χ2n) is 4.49. The van der Waals surface area contributed by atoms with Gasteiger partial charge in [-0.1, -0.05) is 0 Å². The van der Waals surface area contributed by atoms with Gasteiger partial charge >= 0.3 is 18.1 Å². The molecule has 0 aliphatic heterocycles. The summed E-state index contributed by atoms with van der Waals surface area (Å²) in [5.74, 6) is -2.94. The molecule has 0 heterocycles. The lowest BCUT2D eigenvalue weighted by atomic mass is 10.1. The van der Waals surface area contributed by atoms with Gasteiger partial charge in [-0.2, -0.15) is 13.2 Å². The molecule has 1 rings (SSSR count). The number of nitrogens with one attached hydrogen (secondary N) is 1. The number of hydrogen-bond acceptors (Lipinski definition) is 5. The molecular formula is C15H16F3NO5. The van der Waals surface area contributed by atoms with Gasteiger partial charge < -0.3 is 14.8 Å². The standard InChI is InChI=1S/C15H16F3NO5/c1-3-23-13(21)11(14(22)24-4-2)19-12(20)9-5-7-10(8-6-9)15(16,17)18/h5-8,11H,3-4H2,1-2H3,(H,19,20). The Kier molecular flexibility index (Phi) is 6.75. The number of rotatable bonds is 6. The lowest BCUT2D eigenvalue weighted by molar-refractivity contribution is -0.157. The minimum atomic E-state index is -4.53. The minimum Gasteiger partial charge on any atom is -0.464 e. The van der Waals surface area contributed by atoms with Gasteiger partial charge in [0.25, 0.3) is 5.91 Å². The van der Waals surface area contributed by atoms with Gasteiger partial charge in [-0.25, -0.2) is 9.59 Å². The Hall–Kier alpha value is -2.58. The van der Waals surface area contributed by atoms with Crippen LogP contribution in [0.5, 0.6) is 0 Å². The maximum atomic E-state index is 12.5. The zero-order valence-corrected chi connectivity index (χ0v) is 13.0. The molecule has 0 radical (unpaired) electrons. The van der Waals surface area contributed by atoms with Crippen LogP contribution in [0.1, 0.15) is 29.8 Å². The van der Waals surface area contributed by atoms with Gasteiger partial charge in [0, 0.05) is 5.56 Å². The van der Waals surface area contributed by atoms with E-state index in [9.17, 15) is 27.6 Å². The fourth-order valence-corrected chi connectivity index (χ4v) is 1.69. The summed E-state index contributed by atoms with van der Waals surface area (Å²) in [5, 5.41) is 2.09. The Morgan fingerprint density at radius 1 is 1.00 bits per heavy atom. The predicted molar refractivity (Wildman–Crippen MR) is 76.0 cm³/mol. The fraction of sp³-hybridized carbons (Fsp3) is 0.400. The van der Waals surface area contributed by atoms with Gasteiger partial charge in [0.15, 0.2) is 0 Å². The van der Waals surface area contributed by atoms with Crippen LogP contribution < -0.4 is 5.32 Å². The molecule has 0 fully saturated rings. The molecule has 24 heavy (non-hydrogen) atoms. The van der Waals surface area contributed by atoms with Crippen LogP contribution in [0, 0.1) is 0 Å². The highest BCUT2D eigenvalue weighted by atomic mass is 19.4. The van der Waals surface area contributed by atoms with Gasteiger partial charge in [-0.3, -0.25) is 4.79 Å². The zero-order chi connectivity index (χ0) is 18.3. The zero-order valence-electron chi connectivity index (χ0n) is 13.0. The summed E-state index contributed by atoms with van der Waals surface area (Å²) in [6, 6.07) is 1.62. The maximum absolute atomic E-state index is 12.5. The first-order chi connectivity index (χ1) is 11.2. The number of carbonyl (C=O) groups is 3. The van der Waals surface area contributed by atoms with Crippen molar-refractivity contribution in [2.75, 3.05) is 13.2 Å². The van der Waals surface area contributed by atoms with Gasteiger partial charge in [0.1, 0.15) is 0 Å². The van der Waals surface area contributed by atoms with E-state index < -0.39 is 35.6 Å². The number of carbonyl (C=O) groups excluding carboxylic acids is 3. The number of amides is 1. The molecule has 0 aliphatic carbocycles. The first-order valence-electron chi connectivity index (χ1n) is 7.02. The second kappa shape index (κ2) is 8.32. The number of halogens is 3. The lowest BCUT2D eigenvalue weighted by Gasteiger charge is -2.16. The summed E-state index contributed by atoms with van der Waals surface area (Å²) < 4.78 is 46.8. The van der Waals surface area contributed by atoms with Crippen molar-refractivity contribution < 1.29 is 37.0 Å². The molecule has 0 unspecified atom stereocenters. The van der Waals surface area contributed by atoms with Crippen molar-refractivity contribution in [1.29, 1.82) is 0 Å². The molecule has 132 valence electrons. The second-order valence-corrected chi connectivity index (χ2v) is 4.49. The van der Waals surface area contributed by atoms with Gasteiger partial charge in [0.2, 0.25) is 6.04 Å². The molecule has 6 nitrogen and oxygen atoms in total. The first-order valence-corrected chi connectivity index (χ1v) is 7.02. The normalized spacial score (nSPS) is 11.1. The summed E-state index contributed by atoms with van der Waals surface area (Å²) in [5.41, 5.74) is -1.08. The molecule has 1 aromatic carbocycles. The summed E-state index contributed by atoms with van der Waals surface area (Å²) >= 11 is 0. The summed E-state index contributed by atoms with van der Waals surface area (Å²) in [6.07, 6.45) is -4.53. The first kappa shape index (κ1) is 19.5. The summed E-state index contributed by atoms with van der Waals surface area (Å²) in [6.45, 7) is 2.98. The van der Waals surface area contributed by atoms with Crippen molar-refractivity contribution in [2.24, 2.45) is 0 Å². The number of alkyl halides is 3. The van der Waals surface area contributed by atoms with E-state index in [-0.39, 0.29) is 18.8 Å². The van der Waals surface area contributed by atoms with E-state index >= 15 is 0 Å². The Morgan fingerprint density at radius 3 is 1.83 bits per heavy atom. The topological polar surface area (TPSA) is 81.7 Å². The van der Waals surface area contributed by atoms with Crippen molar-refractivity contribution >= 4 is 17.8 Å². The highest BCUT2D eigenvalue weighted by Crippen LogP contribution is 2.29. The highest BCUT2D eigenvalue weighted by Gasteiger charge is 2.33. The third-order valence-corrected chi connectivity index (χ3v) is 2.79. The van der Waals surface area contributed by atoms with Gasteiger partial charge in [-0.15, -0.1) is 0 Å². The molecule has 0 aromatic heterocycles. The molecule has 0 saturated heterocycles. The third kappa shape index (κ3) is 5.25. The molecule has 0 aliphatic rings.